The normalized spacial score (nSPS) is 11.3. The minimum atomic E-state index is -3.66. The van der Waals surface area contributed by atoms with E-state index in [9.17, 15) is 8.42 Å². The van der Waals surface area contributed by atoms with Crippen molar-refractivity contribution in [2.45, 2.75) is 11.8 Å². The summed E-state index contributed by atoms with van der Waals surface area (Å²) in [6.45, 7) is 1.67. The third-order valence-electron chi connectivity index (χ3n) is 2.60. The molecule has 1 aromatic carbocycles. The van der Waals surface area contributed by atoms with E-state index < -0.39 is 10.0 Å². The third-order valence-corrected chi connectivity index (χ3v) is 4.59. The van der Waals surface area contributed by atoms with Crippen molar-refractivity contribution in [1.29, 1.82) is 0 Å². The van der Waals surface area contributed by atoms with Gasteiger partial charge in [0.25, 0.3) is 10.0 Å². The summed E-state index contributed by atoms with van der Waals surface area (Å²) < 4.78 is 27.6. The number of sulfonamides is 1. The maximum Gasteiger partial charge on any atom is 0.262 e. The minimum absolute atomic E-state index is 0.162. The van der Waals surface area contributed by atoms with Gasteiger partial charge in [-0.15, -0.1) is 0 Å². The van der Waals surface area contributed by atoms with Crippen LogP contribution in [0.25, 0.3) is 0 Å². The highest BCUT2D eigenvalue weighted by molar-refractivity contribution is 9.10. The van der Waals surface area contributed by atoms with E-state index in [0.29, 0.717) is 21.5 Å². The lowest BCUT2D eigenvalue weighted by Crippen LogP contribution is -2.15. The zero-order valence-electron chi connectivity index (χ0n) is 10.1. The first kappa shape index (κ1) is 13.8. The number of hydrogen-bond donors (Lipinski definition) is 2. The SMILES string of the molecule is Cc1c(N)cccc1S(=O)(=O)Nc1ccc(Br)nc1. The molecule has 0 aliphatic rings. The lowest BCUT2D eigenvalue weighted by atomic mass is 10.2. The molecule has 0 saturated carbocycles. The van der Waals surface area contributed by atoms with E-state index in [-0.39, 0.29) is 4.90 Å². The lowest BCUT2D eigenvalue weighted by molar-refractivity contribution is 0.600. The average molecular weight is 342 g/mol. The Morgan fingerprint density at radius 2 is 2.00 bits per heavy atom. The molecule has 0 radical (unpaired) electrons. The van der Waals surface area contributed by atoms with E-state index >= 15 is 0 Å². The highest BCUT2D eigenvalue weighted by Gasteiger charge is 2.17. The smallest absolute Gasteiger partial charge is 0.262 e. The third kappa shape index (κ3) is 3.05. The van der Waals surface area contributed by atoms with Crippen LogP contribution in [0.15, 0.2) is 46.0 Å². The fraction of sp³-hybridized carbons (Fsp3) is 0.0833. The van der Waals surface area contributed by atoms with Crippen LogP contribution in [0, 0.1) is 6.92 Å². The van der Waals surface area contributed by atoms with Gasteiger partial charge in [-0.05, 0) is 52.7 Å². The zero-order chi connectivity index (χ0) is 14.0. The Labute approximate surface area is 120 Å². The van der Waals surface area contributed by atoms with Gasteiger partial charge in [-0.25, -0.2) is 13.4 Å². The number of nitrogens with two attached hydrogens (primary N) is 1. The number of halogens is 1. The number of nitrogens with zero attached hydrogens (tertiary/aromatic N) is 1. The van der Waals surface area contributed by atoms with Crippen LogP contribution >= 0.6 is 15.9 Å². The largest absolute Gasteiger partial charge is 0.398 e. The summed E-state index contributed by atoms with van der Waals surface area (Å²) in [7, 11) is -3.66. The first-order chi connectivity index (χ1) is 8.90. The van der Waals surface area contributed by atoms with Gasteiger partial charge in [-0.1, -0.05) is 6.07 Å². The molecule has 5 nitrogen and oxygen atoms in total. The molecule has 3 N–H and O–H groups in total. The summed E-state index contributed by atoms with van der Waals surface area (Å²) in [4.78, 5) is 4.12. The van der Waals surface area contributed by atoms with E-state index in [4.69, 9.17) is 5.73 Å². The highest BCUT2D eigenvalue weighted by Crippen LogP contribution is 2.23. The number of anilines is 2. The molecule has 0 unspecified atom stereocenters. The topological polar surface area (TPSA) is 85.1 Å². The Morgan fingerprint density at radius 3 is 2.63 bits per heavy atom. The number of nitrogen functional groups attached to an aromatic ring is 1. The van der Waals surface area contributed by atoms with Crippen molar-refractivity contribution in [1.82, 2.24) is 4.98 Å². The number of pyridine rings is 1. The van der Waals surface area contributed by atoms with Crippen LogP contribution in [-0.2, 0) is 10.0 Å². The summed E-state index contributed by atoms with van der Waals surface area (Å²) >= 11 is 3.19. The molecule has 0 aliphatic heterocycles. The van der Waals surface area contributed by atoms with Crippen LogP contribution < -0.4 is 10.5 Å². The van der Waals surface area contributed by atoms with E-state index in [2.05, 4.69) is 25.6 Å². The Balaban J connectivity index is 2.38. The molecule has 0 amide bonds. The Bertz CT molecular complexity index is 699. The van der Waals surface area contributed by atoms with Gasteiger partial charge in [0.15, 0.2) is 0 Å². The summed E-state index contributed by atoms with van der Waals surface area (Å²) in [5.41, 5.74) is 7.08. The Kier molecular flexibility index (Phi) is 3.77. The molecule has 0 atom stereocenters. The van der Waals surface area contributed by atoms with Crippen LogP contribution in [0.2, 0.25) is 0 Å². The molecule has 1 heterocycles. The fourth-order valence-corrected chi connectivity index (χ4v) is 3.12. The summed E-state index contributed by atoms with van der Waals surface area (Å²) in [6.07, 6.45) is 1.43. The molecular weight excluding hydrogens is 330 g/mol. The van der Waals surface area contributed by atoms with E-state index in [0.717, 1.165) is 0 Å². The second kappa shape index (κ2) is 5.18. The molecule has 7 heteroatoms. The molecule has 2 rings (SSSR count). The van der Waals surface area contributed by atoms with Gasteiger partial charge in [0.05, 0.1) is 16.8 Å². The number of aromatic nitrogens is 1. The molecule has 2 aromatic rings. The van der Waals surface area contributed by atoms with Gasteiger partial charge in [-0.3, -0.25) is 4.72 Å². The van der Waals surface area contributed by atoms with Gasteiger partial charge < -0.3 is 5.73 Å². The predicted octanol–water partition coefficient (Wildman–Crippen LogP) is 2.54. The molecule has 0 saturated heterocycles. The quantitative estimate of drug-likeness (QED) is 0.663. The van der Waals surface area contributed by atoms with E-state index in [1.807, 2.05) is 0 Å². The predicted molar refractivity (Wildman–Crippen MR) is 78.3 cm³/mol. The van der Waals surface area contributed by atoms with Gasteiger partial charge in [-0.2, -0.15) is 0 Å². The molecular formula is C12H12BrN3O2S. The van der Waals surface area contributed by atoms with Crippen molar-refractivity contribution in [2.75, 3.05) is 10.5 Å². The summed E-state index contributed by atoms with van der Waals surface area (Å²) in [5, 5.41) is 0. The van der Waals surface area contributed by atoms with Crippen LogP contribution in [0.4, 0.5) is 11.4 Å². The first-order valence-electron chi connectivity index (χ1n) is 5.39. The van der Waals surface area contributed by atoms with Crippen molar-refractivity contribution < 1.29 is 8.42 Å². The number of benzene rings is 1. The van der Waals surface area contributed by atoms with Crippen molar-refractivity contribution >= 4 is 37.3 Å². The summed E-state index contributed by atoms with van der Waals surface area (Å²) in [5.74, 6) is 0. The summed E-state index contributed by atoms with van der Waals surface area (Å²) in [6, 6.07) is 8.06. The monoisotopic (exact) mass is 341 g/mol. The number of nitrogens with one attached hydrogen (secondary N) is 1. The van der Waals surface area contributed by atoms with Crippen LogP contribution in [0.1, 0.15) is 5.56 Å². The second-order valence-electron chi connectivity index (χ2n) is 3.95. The Hall–Kier alpha value is -1.60. The van der Waals surface area contributed by atoms with E-state index in [1.54, 1.807) is 31.2 Å². The molecule has 100 valence electrons. The maximum absolute atomic E-state index is 12.3. The van der Waals surface area contributed by atoms with Gasteiger partial charge >= 0.3 is 0 Å². The molecule has 0 fully saturated rings. The van der Waals surface area contributed by atoms with Crippen molar-refractivity contribution in [3.8, 4) is 0 Å². The molecule has 1 aromatic heterocycles. The maximum atomic E-state index is 12.3. The number of hydrogen-bond acceptors (Lipinski definition) is 4. The second-order valence-corrected chi connectivity index (χ2v) is 6.41. The van der Waals surface area contributed by atoms with Gasteiger partial charge in [0, 0.05) is 5.69 Å². The van der Waals surface area contributed by atoms with Crippen LogP contribution in [-0.4, -0.2) is 13.4 Å². The molecule has 0 aliphatic carbocycles. The van der Waals surface area contributed by atoms with Gasteiger partial charge in [0.1, 0.15) is 4.60 Å². The van der Waals surface area contributed by atoms with E-state index in [1.165, 1.54) is 12.3 Å². The molecule has 0 spiro atoms. The molecule has 0 bridgehead atoms. The fourth-order valence-electron chi connectivity index (χ4n) is 1.57. The first-order valence-corrected chi connectivity index (χ1v) is 7.67. The number of rotatable bonds is 3. The van der Waals surface area contributed by atoms with Crippen LogP contribution in [0.5, 0.6) is 0 Å². The van der Waals surface area contributed by atoms with Crippen molar-refractivity contribution in [3.63, 3.8) is 0 Å². The molecule has 19 heavy (non-hydrogen) atoms. The van der Waals surface area contributed by atoms with Gasteiger partial charge in [0.2, 0.25) is 0 Å². The Morgan fingerprint density at radius 1 is 1.26 bits per heavy atom. The minimum Gasteiger partial charge on any atom is -0.398 e. The highest BCUT2D eigenvalue weighted by atomic mass is 79.9. The lowest BCUT2D eigenvalue weighted by Gasteiger charge is -2.11. The zero-order valence-corrected chi connectivity index (χ0v) is 12.5. The van der Waals surface area contributed by atoms with Crippen molar-refractivity contribution in [2.24, 2.45) is 0 Å². The van der Waals surface area contributed by atoms with Crippen molar-refractivity contribution in [3.05, 3.63) is 46.7 Å². The standard InChI is InChI=1S/C12H12BrN3O2S/c1-8-10(14)3-2-4-11(8)19(17,18)16-9-5-6-12(13)15-7-9/h2-7,16H,14H2,1H3. The van der Waals surface area contributed by atoms with Crippen LogP contribution in [0.3, 0.4) is 0 Å². The average Bonchev–Trinajstić information content (AvgIpc) is 2.35.